The monoisotopic (exact) mass is 314 g/mol. The quantitative estimate of drug-likeness (QED) is 0.789. The van der Waals surface area contributed by atoms with Gasteiger partial charge in [0.05, 0.1) is 17.6 Å². The Hall–Kier alpha value is -2.18. The van der Waals surface area contributed by atoms with Crippen molar-refractivity contribution in [3.8, 4) is 11.3 Å². The van der Waals surface area contributed by atoms with E-state index in [4.69, 9.17) is 10.5 Å². The van der Waals surface area contributed by atoms with E-state index in [1.165, 1.54) is 0 Å². The van der Waals surface area contributed by atoms with Crippen LogP contribution in [0.15, 0.2) is 36.5 Å². The Morgan fingerprint density at radius 1 is 1.30 bits per heavy atom. The molecule has 3 rings (SSSR count). The van der Waals surface area contributed by atoms with Crippen molar-refractivity contribution < 1.29 is 9.53 Å². The molecule has 1 aliphatic heterocycles. The van der Waals surface area contributed by atoms with Gasteiger partial charge < -0.3 is 15.8 Å². The van der Waals surface area contributed by atoms with Crippen molar-refractivity contribution >= 4 is 11.6 Å². The fourth-order valence-electron chi connectivity index (χ4n) is 2.81. The van der Waals surface area contributed by atoms with Gasteiger partial charge in [0.1, 0.15) is 0 Å². The van der Waals surface area contributed by atoms with E-state index in [1.54, 1.807) is 6.20 Å². The van der Waals surface area contributed by atoms with Crippen molar-refractivity contribution in [2.45, 2.75) is 31.2 Å². The van der Waals surface area contributed by atoms with Gasteiger partial charge in [0.15, 0.2) is 0 Å². The van der Waals surface area contributed by atoms with Gasteiger partial charge >= 0.3 is 0 Å². The molecule has 6 nitrogen and oxygen atoms in total. The van der Waals surface area contributed by atoms with Gasteiger partial charge in [-0.1, -0.05) is 30.3 Å². The number of H-pyrrole nitrogens is 1. The van der Waals surface area contributed by atoms with Gasteiger partial charge in [-0.15, -0.1) is 0 Å². The van der Waals surface area contributed by atoms with Crippen LogP contribution in [0.1, 0.15) is 25.7 Å². The molecular weight excluding hydrogens is 292 g/mol. The lowest BCUT2D eigenvalue weighted by atomic mass is 9.86. The minimum absolute atomic E-state index is 0.0418. The van der Waals surface area contributed by atoms with Gasteiger partial charge in [0, 0.05) is 30.7 Å². The van der Waals surface area contributed by atoms with Gasteiger partial charge in [-0.05, 0) is 19.3 Å². The van der Waals surface area contributed by atoms with E-state index in [9.17, 15) is 4.79 Å². The number of nitrogens with one attached hydrogen (secondary N) is 2. The third-order valence-corrected chi connectivity index (χ3v) is 4.31. The highest BCUT2D eigenvalue weighted by molar-refractivity contribution is 5.94. The average Bonchev–Trinajstić information content (AvgIpc) is 3.03. The van der Waals surface area contributed by atoms with Gasteiger partial charge in [-0.25, -0.2) is 0 Å². The maximum atomic E-state index is 12.2. The number of hydrogen-bond acceptors (Lipinski definition) is 4. The number of carbonyl (C=O) groups excluding carboxylic acids is 1. The van der Waals surface area contributed by atoms with Gasteiger partial charge in [0.2, 0.25) is 5.91 Å². The number of aromatic amines is 1. The number of hydrogen-bond donors (Lipinski definition) is 3. The summed E-state index contributed by atoms with van der Waals surface area (Å²) in [5.41, 5.74) is 8.53. The fourth-order valence-corrected chi connectivity index (χ4v) is 2.81. The molecule has 2 aromatic rings. The van der Waals surface area contributed by atoms with Crippen LogP contribution in [0.25, 0.3) is 11.3 Å². The summed E-state index contributed by atoms with van der Waals surface area (Å²) in [5, 5.41) is 9.89. The Morgan fingerprint density at radius 2 is 2.04 bits per heavy atom. The van der Waals surface area contributed by atoms with Crippen LogP contribution in [0.4, 0.5) is 5.69 Å². The van der Waals surface area contributed by atoms with Crippen molar-refractivity contribution in [2.75, 3.05) is 18.5 Å². The second kappa shape index (κ2) is 6.93. The summed E-state index contributed by atoms with van der Waals surface area (Å²) >= 11 is 0. The van der Waals surface area contributed by atoms with E-state index in [-0.39, 0.29) is 11.4 Å². The minimum Gasteiger partial charge on any atom is -0.381 e. The summed E-state index contributed by atoms with van der Waals surface area (Å²) in [6.07, 6.45) is 4.31. The van der Waals surface area contributed by atoms with Crippen molar-refractivity contribution in [1.82, 2.24) is 10.2 Å². The smallest absolute Gasteiger partial charge is 0.224 e. The number of aromatic nitrogens is 2. The Bertz CT molecular complexity index is 648. The molecule has 0 spiro atoms. The van der Waals surface area contributed by atoms with Crippen molar-refractivity contribution in [3.05, 3.63) is 36.5 Å². The molecule has 1 amide bonds. The first-order chi connectivity index (χ1) is 11.2. The maximum absolute atomic E-state index is 12.2. The summed E-state index contributed by atoms with van der Waals surface area (Å²) in [7, 11) is 0. The first kappa shape index (κ1) is 15.7. The lowest BCUT2D eigenvalue weighted by Gasteiger charge is -2.33. The molecule has 1 fully saturated rings. The highest BCUT2D eigenvalue weighted by Gasteiger charge is 2.28. The van der Waals surface area contributed by atoms with Crippen LogP contribution in [0.5, 0.6) is 0 Å². The summed E-state index contributed by atoms with van der Waals surface area (Å²) in [6, 6.07) is 9.79. The molecule has 0 unspecified atom stereocenters. The molecule has 23 heavy (non-hydrogen) atoms. The van der Waals surface area contributed by atoms with Crippen LogP contribution in [0.2, 0.25) is 0 Å². The van der Waals surface area contributed by atoms with E-state index in [1.807, 2.05) is 30.3 Å². The molecule has 6 heteroatoms. The summed E-state index contributed by atoms with van der Waals surface area (Å²) < 4.78 is 5.33. The van der Waals surface area contributed by atoms with Crippen LogP contribution in [0.3, 0.4) is 0 Å². The fraction of sp³-hybridized carbons (Fsp3) is 0.412. The molecule has 0 aliphatic carbocycles. The lowest BCUT2D eigenvalue weighted by molar-refractivity contribution is -0.116. The van der Waals surface area contributed by atoms with Gasteiger partial charge in [-0.2, -0.15) is 5.10 Å². The number of anilines is 1. The number of carbonyl (C=O) groups is 1. The number of benzene rings is 1. The second-order valence-corrected chi connectivity index (χ2v) is 6.05. The summed E-state index contributed by atoms with van der Waals surface area (Å²) in [5.74, 6) is -0.0418. The van der Waals surface area contributed by atoms with Crippen LogP contribution >= 0.6 is 0 Å². The number of rotatable bonds is 5. The van der Waals surface area contributed by atoms with E-state index >= 15 is 0 Å². The Morgan fingerprint density at radius 3 is 2.78 bits per heavy atom. The first-order valence-corrected chi connectivity index (χ1v) is 7.92. The van der Waals surface area contributed by atoms with E-state index in [0.717, 1.165) is 24.1 Å². The third kappa shape index (κ3) is 3.97. The molecule has 4 N–H and O–H groups in total. The normalized spacial score (nSPS) is 16.9. The average molecular weight is 314 g/mol. The molecular formula is C17H22N4O2. The number of nitrogens with two attached hydrogens (primary N) is 1. The first-order valence-electron chi connectivity index (χ1n) is 7.92. The van der Waals surface area contributed by atoms with Gasteiger partial charge in [-0.3, -0.25) is 9.89 Å². The van der Waals surface area contributed by atoms with Gasteiger partial charge in [0.25, 0.3) is 0 Å². The summed E-state index contributed by atoms with van der Waals surface area (Å²) in [6.45, 7) is 1.36. The molecule has 122 valence electrons. The van der Waals surface area contributed by atoms with Crippen molar-refractivity contribution in [3.63, 3.8) is 0 Å². The molecule has 0 bridgehead atoms. The molecule has 0 radical (unpaired) electrons. The molecule has 1 aliphatic rings. The highest BCUT2D eigenvalue weighted by Crippen LogP contribution is 2.26. The van der Waals surface area contributed by atoms with E-state index < -0.39 is 0 Å². The molecule has 1 saturated heterocycles. The van der Waals surface area contributed by atoms with E-state index in [2.05, 4.69) is 15.5 Å². The Labute approximate surface area is 135 Å². The van der Waals surface area contributed by atoms with Crippen LogP contribution in [-0.4, -0.2) is 34.9 Å². The maximum Gasteiger partial charge on any atom is 0.224 e. The van der Waals surface area contributed by atoms with E-state index in [0.29, 0.717) is 31.7 Å². The Kier molecular flexibility index (Phi) is 4.73. The minimum atomic E-state index is -0.283. The zero-order valence-corrected chi connectivity index (χ0v) is 13.0. The largest absolute Gasteiger partial charge is 0.381 e. The highest BCUT2D eigenvalue weighted by atomic mass is 16.5. The zero-order valence-electron chi connectivity index (χ0n) is 13.0. The predicted octanol–water partition coefficient (Wildman–Crippen LogP) is 2.30. The Balaban J connectivity index is 1.60. The standard InChI is InChI=1S/C17H22N4O2/c18-17(8-10-23-11-9-17)7-6-15(22)20-14-12-19-21-16(14)13-4-2-1-3-5-13/h1-5,12H,6-11,18H2,(H,19,21)(H,20,22). The lowest BCUT2D eigenvalue weighted by Crippen LogP contribution is -2.45. The molecule has 0 saturated carbocycles. The third-order valence-electron chi connectivity index (χ3n) is 4.31. The number of ether oxygens (including phenoxy) is 1. The van der Waals surface area contributed by atoms with Crippen molar-refractivity contribution in [1.29, 1.82) is 0 Å². The topological polar surface area (TPSA) is 93.0 Å². The van der Waals surface area contributed by atoms with Crippen molar-refractivity contribution in [2.24, 2.45) is 5.73 Å². The van der Waals surface area contributed by atoms with Crippen LogP contribution in [0, 0.1) is 0 Å². The molecule has 0 atom stereocenters. The van der Waals surface area contributed by atoms with Crippen LogP contribution in [-0.2, 0) is 9.53 Å². The number of amides is 1. The number of nitrogens with zero attached hydrogens (tertiary/aromatic N) is 1. The molecule has 1 aromatic carbocycles. The second-order valence-electron chi connectivity index (χ2n) is 6.05. The molecule has 2 heterocycles. The predicted molar refractivity (Wildman–Crippen MR) is 88.9 cm³/mol. The zero-order chi connectivity index (χ0) is 16.1. The molecule has 1 aromatic heterocycles. The SMILES string of the molecule is NC1(CCC(=O)Nc2cn[nH]c2-c2ccccc2)CCOCC1. The van der Waals surface area contributed by atoms with Crippen LogP contribution < -0.4 is 11.1 Å². The summed E-state index contributed by atoms with van der Waals surface area (Å²) in [4.78, 5) is 12.2.